The number of hydrogen-bond acceptors (Lipinski definition) is 3. The van der Waals surface area contributed by atoms with Gasteiger partial charge in [0.25, 0.3) is 0 Å². The molecular weight excluding hydrogens is 218 g/mol. The smallest absolute Gasteiger partial charge is 0.372 e. The fourth-order valence-corrected chi connectivity index (χ4v) is 1.61. The van der Waals surface area contributed by atoms with Gasteiger partial charge in [-0.25, -0.2) is 4.79 Å². The van der Waals surface area contributed by atoms with Crippen molar-refractivity contribution in [2.75, 3.05) is 5.32 Å². The highest BCUT2D eigenvalue weighted by molar-refractivity contribution is 5.86. The molecule has 0 spiro atoms. The zero-order chi connectivity index (χ0) is 12.3. The van der Waals surface area contributed by atoms with Crippen LogP contribution in [0.4, 0.5) is 5.69 Å². The van der Waals surface area contributed by atoms with E-state index in [4.69, 9.17) is 9.52 Å². The largest absolute Gasteiger partial charge is 0.475 e. The monoisotopic (exact) mass is 231 g/mol. The summed E-state index contributed by atoms with van der Waals surface area (Å²) in [7, 11) is 0. The number of rotatable bonds is 4. The molecule has 0 amide bonds. The Labute approximate surface area is 98.9 Å². The summed E-state index contributed by atoms with van der Waals surface area (Å²) < 4.78 is 4.90. The molecule has 1 aromatic carbocycles. The number of carboxylic acid groups (broad SMARTS) is 1. The molecule has 0 aliphatic carbocycles. The molecule has 0 unspecified atom stereocenters. The minimum atomic E-state index is -1.05. The Hall–Kier alpha value is -2.23. The number of anilines is 1. The summed E-state index contributed by atoms with van der Waals surface area (Å²) in [6.07, 6.45) is 1.39. The van der Waals surface area contributed by atoms with Crippen molar-refractivity contribution in [3.05, 3.63) is 53.5 Å². The van der Waals surface area contributed by atoms with E-state index < -0.39 is 5.97 Å². The van der Waals surface area contributed by atoms with Gasteiger partial charge in [0.2, 0.25) is 5.76 Å². The Morgan fingerprint density at radius 1 is 1.41 bits per heavy atom. The molecule has 17 heavy (non-hydrogen) atoms. The lowest BCUT2D eigenvalue weighted by atomic mass is 10.2. The first-order valence-electron chi connectivity index (χ1n) is 5.27. The Morgan fingerprint density at radius 2 is 2.24 bits per heavy atom. The molecule has 2 N–H and O–H groups in total. The van der Waals surface area contributed by atoms with Gasteiger partial charge in [0, 0.05) is 17.8 Å². The standard InChI is InChI=1S/C13H13NO3/c1-9-3-2-4-11(7-9)14-8-10-5-6-17-12(10)13(15)16/h2-7,14H,8H2,1H3,(H,15,16). The van der Waals surface area contributed by atoms with E-state index in [1.54, 1.807) is 6.07 Å². The van der Waals surface area contributed by atoms with E-state index in [1.165, 1.54) is 6.26 Å². The van der Waals surface area contributed by atoms with Crippen LogP contribution in [0.5, 0.6) is 0 Å². The molecule has 0 fully saturated rings. The summed E-state index contributed by atoms with van der Waals surface area (Å²) in [5, 5.41) is 12.0. The Kier molecular flexibility index (Phi) is 3.14. The fraction of sp³-hybridized carbons (Fsp3) is 0.154. The second-order valence-corrected chi connectivity index (χ2v) is 3.80. The number of aromatic carboxylic acids is 1. The number of hydrogen-bond donors (Lipinski definition) is 2. The second kappa shape index (κ2) is 4.74. The predicted octanol–water partition coefficient (Wildman–Crippen LogP) is 2.90. The van der Waals surface area contributed by atoms with Crippen molar-refractivity contribution in [3.8, 4) is 0 Å². The van der Waals surface area contributed by atoms with E-state index in [1.807, 2.05) is 31.2 Å². The maximum Gasteiger partial charge on any atom is 0.372 e. The van der Waals surface area contributed by atoms with Crippen molar-refractivity contribution in [2.45, 2.75) is 13.5 Å². The van der Waals surface area contributed by atoms with E-state index >= 15 is 0 Å². The maximum absolute atomic E-state index is 10.8. The van der Waals surface area contributed by atoms with Gasteiger partial charge in [0.15, 0.2) is 0 Å². The molecule has 2 aromatic rings. The highest BCUT2D eigenvalue weighted by atomic mass is 16.4. The van der Waals surface area contributed by atoms with E-state index in [9.17, 15) is 4.79 Å². The van der Waals surface area contributed by atoms with Crippen molar-refractivity contribution < 1.29 is 14.3 Å². The van der Waals surface area contributed by atoms with Gasteiger partial charge in [-0.2, -0.15) is 0 Å². The van der Waals surface area contributed by atoms with Gasteiger partial charge in [-0.1, -0.05) is 12.1 Å². The van der Waals surface area contributed by atoms with Gasteiger partial charge < -0.3 is 14.8 Å². The lowest BCUT2D eigenvalue weighted by Gasteiger charge is -2.06. The molecule has 0 aliphatic heterocycles. The van der Waals surface area contributed by atoms with Gasteiger partial charge >= 0.3 is 5.97 Å². The highest BCUT2D eigenvalue weighted by Gasteiger charge is 2.13. The number of carboxylic acids is 1. The SMILES string of the molecule is Cc1cccc(NCc2ccoc2C(=O)O)c1. The molecule has 0 aliphatic rings. The van der Waals surface area contributed by atoms with Crippen LogP contribution in [0.2, 0.25) is 0 Å². The molecule has 0 radical (unpaired) electrons. The lowest BCUT2D eigenvalue weighted by Crippen LogP contribution is -2.04. The Morgan fingerprint density at radius 3 is 2.94 bits per heavy atom. The minimum Gasteiger partial charge on any atom is -0.475 e. The molecule has 1 heterocycles. The zero-order valence-electron chi connectivity index (χ0n) is 9.43. The summed E-state index contributed by atoms with van der Waals surface area (Å²) in [4.78, 5) is 10.8. The number of furan rings is 1. The summed E-state index contributed by atoms with van der Waals surface area (Å²) in [5.74, 6) is -1.05. The predicted molar refractivity (Wildman–Crippen MR) is 64.2 cm³/mol. The average Bonchev–Trinajstić information content (AvgIpc) is 2.74. The molecule has 4 nitrogen and oxygen atoms in total. The minimum absolute atomic E-state index is 0.00912. The normalized spacial score (nSPS) is 10.2. The van der Waals surface area contributed by atoms with Crippen molar-refractivity contribution in [1.82, 2.24) is 0 Å². The summed E-state index contributed by atoms with van der Waals surface area (Å²) in [6, 6.07) is 9.55. The molecule has 88 valence electrons. The van der Waals surface area contributed by atoms with Gasteiger partial charge in [-0.05, 0) is 30.7 Å². The molecule has 0 bridgehead atoms. The van der Waals surface area contributed by atoms with Crippen LogP contribution in [0.15, 0.2) is 41.0 Å². The van der Waals surface area contributed by atoms with Gasteiger partial charge in [0.1, 0.15) is 0 Å². The molecule has 0 atom stereocenters. The second-order valence-electron chi connectivity index (χ2n) is 3.80. The van der Waals surface area contributed by atoms with Crippen LogP contribution >= 0.6 is 0 Å². The van der Waals surface area contributed by atoms with Crippen LogP contribution < -0.4 is 5.32 Å². The Bertz CT molecular complexity index is 531. The summed E-state index contributed by atoms with van der Waals surface area (Å²) in [6.45, 7) is 2.44. The van der Waals surface area contributed by atoms with Crippen molar-refractivity contribution >= 4 is 11.7 Å². The lowest BCUT2D eigenvalue weighted by molar-refractivity contribution is 0.0661. The fourth-order valence-electron chi connectivity index (χ4n) is 1.61. The van der Waals surface area contributed by atoms with Crippen molar-refractivity contribution in [2.24, 2.45) is 0 Å². The number of nitrogens with one attached hydrogen (secondary N) is 1. The van der Waals surface area contributed by atoms with Crippen LogP contribution in [0, 0.1) is 6.92 Å². The number of carbonyl (C=O) groups is 1. The molecule has 1 aromatic heterocycles. The number of aryl methyl sites for hydroxylation is 1. The van der Waals surface area contributed by atoms with E-state index in [-0.39, 0.29) is 5.76 Å². The van der Waals surface area contributed by atoms with Crippen LogP contribution in [0.3, 0.4) is 0 Å². The average molecular weight is 231 g/mol. The van der Waals surface area contributed by atoms with Crippen molar-refractivity contribution in [3.63, 3.8) is 0 Å². The molecular formula is C13H13NO3. The van der Waals surface area contributed by atoms with Gasteiger partial charge in [-0.15, -0.1) is 0 Å². The summed E-state index contributed by atoms with van der Waals surface area (Å²) in [5.41, 5.74) is 2.75. The third kappa shape index (κ3) is 2.66. The third-order valence-corrected chi connectivity index (χ3v) is 2.44. The van der Waals surface area contributed by atoms with Gasteiger partial charge in [0.05, 0.1) is 6.26 Å². The molecule has 0 saturated carbocycles. The van der Waals surface area contributed by atoms with E-state index in [0.29, 0.717) is 12.1 Å². The first-order valence-corrected chi connectivity index (χ1v) is 5.27. The highest BCUT2D eigenvalue weighted by Crippen LogP contribution is 2.14. The summed E-state index contributed by atoms with van der Waals surface area (Å²) >= 11 is 0. The first kappa shape index (κ1) is 11.3. The maximum atomic E-state index is 10.8. The topological polar surface area (TPSA) is 62.5 Å². The first-order chi connectivity index (χ1) is 8.16. The van der Waals surface area contributed by atoms with E-state index in [0.717, 1.165) is 11.3 Å². The Balaban J connectivity index is 2.07. The van der Waals surface area contributed by atoms with Crippen LogP contribution in [0.25, 0.3) is 0 Å². The molecule has 4 heteroatoms. The number of benzene rings is 1. The zero-order valence-corrected chi connectivity index (χ0v) is 9.43. The van der Waals surface area contributed by atoms with Crippen LogP contribution in [-0.2, 0) is 6.54 Å². The quantitative estimate of drug-likeness (QED) is 0.849. The third-order valence-electron chi connectivity index (χ3n) is 2.44. The van der Waals surface area contributed by atoms with Gasteiger partial charge in [-0.3, -0.25) is 0 Å². The molecule has 2 rings (SSSR count). The van der Waals surface area contributed by atoms with E-state index in [2.05, 4.69) is 5.32 Å². The molecule has 0 saturated heterocycles. The van der Waals surface area contributed by atoms with Crippen LogP contribution in [-0.4, -0.2) is 11.1 Å². The van der Waals surface area contributed by atoms with Crippen molar-refractivity contribution in [1.29, 1.82) is 0 Å². The van der Waals surface area contributed by atoms with Crippen LogP contribution in [0.1, 0.15) is 21.7 Å².